The molecule has 0 amide bonds. The number of rotatable bonds is 3. The molecule has 0 radical (unpaired) electrons. The van der Waals surface area contributed by atoms with Crippen molar-refractivity contribution in [3.05, 3.63) is 36.6 Å². The first-order chi connectivity index (χ1) is 8.72. The summed E-state index contributed by atoms with van der Waals surface area (Å²) < 4.78 is 5.25. The van der Waals surface area contributed by atoms with Crippen molar-refractivity contribution in [3.8, 4) is 11.3 Å². The van der Waals surface area contributed by atoms with Crippen LogP contribution in [-0.2, 0) is 11.2 Å². The normalized spacial score (nSPS) is 10.9. The summed E-state index contributed by atoms with van der Waals surface area (Å²) in [5.74, 6) is 0.761. The van der Waals surface area contributed by atoms with Gasteiger partial charge in [0.2, 0.25) is 0 Å². The molecule has 0 unspecified atom stereocenters. The predicted molar refractivity (Wildman–Crippen MR) is 66.0 cm³/mol. The molecule has 0 aliphatic carbocycles. The van der Waals surface area contributed by atoms with Crippen LogP contribution in [0.5, 0.6) is 0 Å². The van der Waals surface area contributed by atoms with Gasteiger partial charge in [0.05, 0.1) is 18.3 Å². The Hall–Kier alpha value is -2.43. The summed E-state index contributed by atoms with van der Waals surface area (Å²) in [4.78, 5) is 22.4. The van der Waals surface area contributed by atoms with Gasteiger partial charge >= 0.3 is 0 Å². The largest absolute Gasteiger partial charge is 0.443 e. The molecule has 0 aliphatic rings. The summed E-state index contributed by atoms with van der Waals surface area (Å²) >= 11 is 0. The van der Waals surface area contributed by atoms with Crippen LogP contribution in [-0.4, -0.2) is 20.7 Å². The van der Waals surface area contributed by atoms with E-state index in [-0.39, 0.29) is 5.78 Å². The third kappa shape index (κ3) is 1.90. The van der Waals surface area contributed by atoms with E-state index < -0.39 is 0 Å². The van der Waals surface area contributed by atoms with Crippen LogP contribution in [0.15, 0.2) is 35.2 Å². The average Bonchev–Trinajstić information content (AvgIpc) is 2.95. The minimum atomic E-state index is 0.0848. The molecule has 3 aromatic rings. The number of nitrogens with zero attached hydrogens (tertiary/aromatic N) is 2. The summed E-state index contributed by atoms with van der Waals surface area (Å²) in [5.41, 5.74) is 3.38. The lowest BCUT2D eigenvalue weighted by molar-refractivity contribution is -0.116. The Labute approximate surface area is 103 Å². The second-order valence-electron chi connectivity index (χ2n) is 4.16. The summed E-state index contributed by atoms with van der Waals surface area (Å²) in [6.07, 6.45) is 3.46. The molecule has 5 nitrogen and oxygen atoms in total. The zero-order valence-corrected chi connectivity index (χ0v) is 9.80. The first kappa shape index (κ1) is 10.7. The molecular weight excluding hydrogens is 230 g/mol. The average molecular weight is 241 g/mol. The summed E-state index contributed by atoms with van der Waals surface area (Å²) in [6.45, 7) is 1.54. The fraction of sp³-hybridized carbons (Fsp3) is 0.154. The number of carbonyl (C=O) groups is 1. The summed E-state index contributed by atoms with van der Waals surface area (Å²) in [5, 5.41) is 0. The molecule has 0 saturated carbocycles. The number of carbonyl (C=O) groups excluding carboxylic acids is 1. The van der Waals surface area contributed by atoms with Gasteiger partial charge < -0.3 is 9.40 Å². The lowest BCUT2D eigenvalue weighted by Crippen LogP contribution is -1.97. The molecule has 2 heterocycles. The van der Waals surface area contributed by atoms with E-state index in [4.69, 9.17) is 4.42 Å². The van der Waals surface area contributed by atoms with Gasteiger partial charge in [-0.05, 0) is 19.1 Å². The fourth-order valence-electron chi connectivity index (χ4n) is 1.86. The van der Waals surface area contributed by atoms with E-state index in [9.17, 15) is 4.79 Å². The number of hydrogen-bond acceptors (Lipinski definition) is 4. The van der Waals surface area contributed by atoms with Gasteiger partial charge in [-0.15, -0.1) is 0 Å². The molecule has 0 spiro atoms. The van der Waals surface area contributed by atoms with Gasteiger partial charge in [0, 0.05) is 5.56 Å². The highest BCUT2D eigenvalue weighted by Gasteiger charge is 2.07. The number of aromatic nitrogens is 3. The highest BCUT2D eigenvalue weighted by Crippen LogP contribution is 2.22. The number of benzene rings is 1. The second kappa shape index (κ2) is 4.10. The number of nitrogens with one attached hydrogen (secondary N) is 1. The molecule has 0 fully saturated rings. The Balaban J connectivity index is 1.97. The number of fused-ring (bicyclic) bond motifs is 1. The van der Waals surface area contributed by atoms with Crippen molar-refractivity contribution < 1.29 is 9.21 Å². The molecule has 90 valence electrons. The minimum Gasteiger partial charge on any atom is -0.443 e. The van der Waals surface area contributed by atoms with Crippen molar-refractivity contribution in [2.24, 2.45) is 0 Å². The monoisotopic (exact) mass is 241 g/mol. The Kier molecular flexibility index (Phi) is 2.44. The van der Waals surface area contributed by atoms with Gasteiger partial charge in [-0.3, -0.25) is 4.79 Å². The molecule has 1 N–H and O–H groups in total. The van der Waals surface area contributed by atoms with Crippen molar-refractivity contribution in [2.45, 2.75) is 13.3 Å². The molecule has 2 aromatic heterocycles. The first-order valence-electron chi connectivity index (χ1n) is 5.59. The van der Waals surface area contributed by atoms with E-state index in [1.54, 1.807) is 13.1 Å². The molecular formula is C13H11N3O2. The van der Waals surface area contributed by atoms with E-state index in [1.165, 1.54) is 6.39 Å². The van der Waals surface area contributed by atoms with E-state index in [0.717, 1.165) is 22.4 Å². The standard InChI is InChI=1S/C13H11N3O2/c1-8(17)4-13-14-6-11(16-13)9-2-3-10-12(5-9)18-7-15-10/h2-3,5-7H,4H2,1H3,(H,14,16). The van der Waals surface area contributed by atoms with Crippen LogP contribution in [0.3, 0.4) is 0 Å². The van der Waals surface area contributed by atoms with Crippen molar-refractivity contribution in [3.63, 3.8) is 0 Å². The van der Waals surface area contributed by atoms with E-state index in [2.05, 4.69) is 15.0 Å². The van der Waals surface area contributed by atoms with E-state index in [0.29, 0.717) is 12.2 Å². The van der Waals surface area contributed by atoms with Gasteiger partial charge in [0.25, 0.3) is 0 Å². The van der Waals surface area contributed by atoms with Crippen LogP contribution in [0.4, 0.5) is 0 Å². The van der Waals surface area contributed by atoms with Crippen molar-refractivity contribution >= 4 is 16.9 Å². The number of ketones is 1. The quantitative estimate of drug-likeness (QED) is 0.764. The maximum absolute atomic E-state index is 11.0. The number of aromatic amines is 1. The van der Waals surface area contributed by atoms with Gasteiger partial charge in [0.1, 0.15) is 17.1 Å². The van der Waals surface area contributed by atoms with Crippen LogP contribution < -0.4 is 0 Å². The van der Waals surface area contributed by atoms with Gasteiger partial charge in [-0.25, -0.2) is 9.97 Å². The van der Waals surface area contributed by atoms with Crippen LogP contribution in [0.1, 0.15) is 12.7 Å². The van der Waals surface area contributed by atoms with E-state index in [1.807, 2.05) is 18.2 Å². The number of hydrogen-bond donors (Lipinski definition) is 1. The zero-order valence-electron chi connectivity index (χ0n) is 9.80. The Morgan fingerprint density at radius 3 is 3.11 bits per heavy atom. The SMILES string of the molecule is CC(=O)Cc1ncc(-c2ccc3ncoc3c2)[nH]1. The third-order valence-corrected chi connectivity index (χ3v) is 2.69. The lowest BCUT2D eigenvalue weighted by Gasteiger charge is -1.96. The molecule has 0 saturated heterocycles. The fourth-order valence-corrected chi connectivity index (χ4v) is 1.86. The van der Waals surface area contributed by atoms with Crippen LogP contribution >= 0.6 is 0 Å². The Morgan fingerprint density at radius 1 is 1.39 bits per heavy atom. The minimum absolute atomic E-state index is 0.0848. The number of oxazole rings is 1. The highest BCUT2D eigenvalue weighted by molar-refractivity contribution is 5.79. The van der Waals surface area contributed by atoms with E-state index >= 15 is 0 Å². The second-order valence-corrected chi connectivity index (χ2v) is 4.16. The first-order valence-corrected chi connectivity index (χ1v) is 5.59. The zero-order chi connectivity index (χ0) is 12.5. The number of H-pyrrole nitrogens is 1. The Bertz CT molecular complexity index is 712. The van der Waals surface area contributed by atoms with Crippen LogP contribution in [0.2, 0.25) is 0 Å². The summed E-state index contributed by atoms with van der Waals surface area (Å²) in [6, 6.07) is 5.73. The molecule has 0 atom stereocenters. The molecule has 0 aliphatic heterocycles. The van der Waals surface area contributed by atoms with Gasteiger partial charge in [0.15, 0.2) is 12.0 Å². The maximum Gasteiger partial charge on any atom is 0.181 e. The molecule has 5 heteroatoms. The molecule has 0 bridgehead atoms. The van der Waals surface area contributed by atoms with Crippen molar-refractivity contribution in [2.75, 3.05) is 0 Å². The topological polar surface area (TPSA) is 71.8 Å². The predicted octanol–water partition coefficient (Wildman–Crippen LogP) is 2.35. The maximum atomic E-state index is 11.0. The third-order valence-electron chi connectivity index (χ3n) is 2.69. The highest BCUT2D eigenvalue weighted by atomic mass is 16.3. The van der Waals surface area contributed by atoms with Gasteiger partial charge in [-0.1, -0.05) is 6.07 Å². The lowest BCUT2D eigenvalue weighted by atomic mass is 10.1. The molecule has 18 heavy (non-hydrogen) atoms. The Morgan fingerprint density at radius 2 is 2.28 bits per heavy atom. The van der Waals surface area contributed by atoms with Crippen molar-refractivity contribution in [1.82, 2.24) is 15.0 Å². The molecule has 3 rings (SSSR count). The smallest absolute Gasteiger partial charge is 0.181 e. The van der Waals surface area contributed by atoms with Crippen molar-refractivity contribution in [1.29, 1.82) is 0 Å². The molecule has 1 aromatic carbocycles. The number of imidazole rings is 1. The van der Waals surface area contributed by atoms with Crippen LogP contribution in [0, 0.1) is 0 Å². The number of Topliss-reactive ketones (excluding diaryl/α,β-unsaturated/α-hetero) is 1. The summed E-state index contributed by atoms with van der Waals surface area (Å²) in [7, 11) is 0. The van der Waals surface area contributed by atoms with Crippen LogP contribution in [0.25, 0.3) is 22.4 Å². The van der Waals surface area contributed by atoms with Gasteiger partial charge in [-0.2, -0.15) is 0 Å².